The molecule has 0 radical (unpaired) electrons. The molecule has 3 heteroatoms. The van der Waals surface area contributed by atoms with Crippen molar-refractivity contribution in [2.24, 2.45) is 0 Å². The van der Waals surface area contributed by atoms with E-state index in [9.17, 15) is 0 Å². The molecule has 0 aliphatic carbocycles. The summed E-state index contributed by atoms with van der Waals surface area (Å²) in [5, 5.41) is 3.29. The number of hydrogen-bond donors (Lipinski definition) is 1. The Morgan fingerprint density at radius 3 is 2.73 bits per heavy atom. The molecule has 0 saturated carbocycles. The molecule has 1 aliphatic heterocycles. The number of rotatable bonds is 2. The first-order valence-electron chi connectivity index (χ1n) is 5.73. The van der Waals surface area contributed by atoms with Crippen molar-refractivity contribution in [3.63, 3.8) is 0 Å². The molecule has 0 bridgehead atoms. The molecule has 1 N–H and O–H groups in total. The van der Waals surface area contributed by atoms with Crippen molar-refractivity contribution in [2.45, 2.75) is 26.3 Å². The second-order valence-electron chi connectivity index (χ2n) is 3.41. The van der Waals surface area contributed by atoms with Crippen LogP contribution in [0.15, 0.2) is 24.4 Å². The summed E-state index contributed by atoms with van der Waals surface area (Å²) in [4.78, 5) is 6.65. The van der Waals surface area contributed by atoms with Crippen molar-refractivity contribution < 1.29 is 0 Å². The zero-order valence-corrected chi connectivity index (χ0v) is 9.90. The average molecular weight is 207 g/mol. The number of nitrogens with zero attached hydrogens (tertiary/aromatic N) is 2. The Labute approximate surface area is 92.5 Å². The highest BCUT2D eigenvalue weighted by Gasteiger charge is 2.21. The minimum atomic E-state index is 0.627. The number of likely N-dealkylation sites (N-methyl/N-ethyl adjacent to an activating group) is 1. The largest absolute Gasteiger partial charge is 0.355 e. The van der Waals surface area contributed by atoms with E-state index in [0.29, 0.717) is 6.04 Å². The van der Waals surface area contributed by atoms with Gasteiger partial charge >= 0.3 is 0 Å². The first-order valence-corrected chi connectivity index (χ1v) is 5.73. The van der Waals surface area contributed by atoms with E-state index in [1.807, 2.05) is 39.2 Å². The molecule has 0 amide bonds. The van der Waals surface area contributed by atoms with Crippen LogP contribution >= 0.6 is 0 Å². The number of nitrogens with one attached hydrogen (secondary N) is 1. The van der Waals surface area contributed by atoms with Crippen LogP contribution in [0.5, 0.6) is 0 Å². The van der Waals surface area contributed by atoms with Crippen LogP contribution in [0, 0.1) is 0 Å². The number of pyridine rings is 1. The SMILES string of the molecule is CC.CNC1CCN(c2ccccn2)C1. The van der Waals surface area contributed by atoms with Crippen LogP contribution in [0.2, 0.25) is 0 Å². The molecule has 2 rings (SSSR count). The number of hydrogen-bond acceptors (Lipinski definition) is 3. The van der Waals surface area contributed by atoms with Gasteiger partial charge in [0.1, 0.15) is 5.82 Å². The van der Waals surface area contributed by atoms with Gasteiger partial charge in [0.05, 0.1) is 0 Å². The van der Waals surface area contributed by atoms with Gasteiger partial charge in [-0.1, -0.05) is 19.9 Å². The van der Waals surface area contributed by atoms with E-state index in [4.69, 9.17) is 0 Å². The predicted octanol–water partition coefficient (Wildman–Crippen LogP) is 1.91. The van der Waals surface area contributed by atoms with Crippen molar-refractivity contribution in [3.05, 3.63) is 24.4 Å². The van der Waals surface area contributed by atoms with Crippen LogP contribution in [0.25, 0.3) is 0 Å². The fourth-order valence-electron chi connectivity index (χ4n) is 1.74. The van der Waals surface area contributed by atoms with Crippen LogP contribution in [0.3, 0.4) is 0 Å². The quantitative estimate of drug-likeness (QED) is 0.803. The van der Waals surface area contributed by atoms with E-state index in [0.717, 1.165) is 18.9 Å². The van der Waals surface area contributed by atoms with Crippen molar-refractivity contribution in [3.8, 4) is 0 Å². The van der Waals surface area contributed by atoms with Crippen LogP contribution in [0.4, 0.5) is 5.82 Å². The molecule has 1 aliphatic rings. The predicted molar refractivity (Wildman–Crippen MR) is 65.3 cm³/mol. The highest BCUT2D eigenvalue weighted by molar-refractivity contribution is 5.39. The molecule has 1 aromatic heterocycles. The number of aromatic nitrogens is 1. The summed E-state index contributed by atoms with van der Waals surface area (Å²) in [5.74, 6) is 1.10. The molecule has 1 aromatic rings. The molecule has 84 valence electrons. The lowest BCUT2D eigenvalue weighted by atomic mass is 10.3. The van der Waals surface area contributed by atoms with Crippen molar-refractivity contribution in [1.29, 1.82) is 0 Å². The van der Waals surface area contributed by atoms with Crippen molar-refractivity contribution in [2.75, 3.05) is 25.0 Å². The maximum absolute atomic E-state index is 4.33. The van der Waals surface area contributed by atoms with Gasteiger partial charge in [0.25, 0.3) is 0 Å². The second kappa shape index (κ2) is 6.40. The standard InChI is InChI=1S/C10H15N3.C2H6/c1-11-9-5-7-13(8-9)10-4-2-3-6-12-10;1-2/h2-4,6,9,11H,5,7-8H2,1H3;1-2H3. The third-order valence-electron chi connectivity index (χ3n) is 2.57. The third-order valence-corrected chi connectivity index (χ3v) is 2.57. The minimum Gasteiger partial charge on any atom is -0.355 e. The molecule has 15 heavy (non-hydrogen) atoms. The second-order valence-corrected chi connectivity index (χ2v) is 3.41. The summed E-state index contributed by atoms with van der Waals surface area (Å²) in [5.41, 5.74) is 0. The van der Waals surface area contributed by atoms with E-state index in [1.165, 1.54) is 6.42 Å². The van der Waals surface area contributed by atoms with Crippen LogP contribution in [-0.4, -0.2) is 31.2 Å². The molecule has 3 nitrogen and oxygen atoms in total. The van der Waals surface area contributed by atoms with Crippen LogP contribution < -0.4 is 10.2 Å². The molecule has 1 fully saturated rings. The maximum Gasteiger partial charge on any atom is 0.128 e. The Morgan fingerprint density at radius 2 is 2.20 bits per heavy atom. The van der Waals surface area contributed by atoms with Gasteiger partial charge < -0.3 is 10.2 Å². The monoisotopic (exact) mass is 207 g/mol. The molecule has 0 spiro atoms. The molecular formula is C12H21N3. The molecule has 1 saturated heterocycles. The minimum absolute atomic E-state index is 0.627. The summed E-state index contributed by atoms with van der Waals surface area (Å²) in [6.07, 6.45) is 3.06. The van der Waals surface area contributed by atoms with Gasteiger partial charge in [-0.2, -0.15) is 0 Å². The van der Waals surface area contributed by atoms with E-state index in [1.54, 1.807) is 0 Å². The van der Waals surface area contributed by atoms with Gasteiger partial charge in [-0.25, -0.2) is 4.98 Å². The van der Waals surface area contributed by atoms with Crippen molar-refractivity contribution in [1.82, 2.24) is 10.3 Å². The zero-order chi connectivity index (χ0) is 11.1. The summed E-state index contributed by atoms with van der Waals surface area (Å²) >= 11 is 0. The topological polar surface area (TPSA) is 28.2 Å². The zero-order valence-electron chi connectivity index (χ0n) is 9.90. The van der Waals surface area contributed by atoms with E-state index >= 15 is 0 Å². The Bertz CT molecular complexity index is 261. The normalized spacial score (nSPS) is 19.7. The Morgan fingerprint density at radius 1 is 1.40 bits per heavy atom. The summed E-state index contributed by atoms with van der Waals surface area (Å²) < 4.78 is 0. The molecular weight excluding hydrogens is 186 g/mol. The average Bonchev–Trinajstić information content (AvgIpc) is 2.81. The van der Waals surface area contributed by atoms with E-state index < -0.39 is 0 Å². The number of anilines is 1. The first-order chi connectivity index (χ1) is 7.40. The smallest absolute Gasteiger partial charge is 0.128 e. The summed E-state index contributed by atoms with van der Waals surface area (Å²) in [6.45, 7) is 6.19. The first kappa shape index (κ1) is 12.0. The Balaban J connectivity index is 0.000000531. The Kier molecular flexibility index (Phi) is 5.12. The van der Waals surface area contributed by atoms with Gasteiger partial charge in [0, 0.05) is 25.3 Å². The lowest BCUT2D eigenvalue weighted by Crippen LogP contribution is -2.29. The summed E-state index contributed by atoms with van der Waals surface area (Å²) in [6, 6.07) is 6.68. The van der Waals surface area contributed by atoms with Gasteiger partial charge in [0.15, 0.2) is 0 Å². The van der Waals surface area contributed by atoms with Gasteiger partial charge in [-0.3, -0.25) is 0 Å². The fraction of sp³-hybridized carbons (Fsp3) is 0.583. The van der Waals surface area contributed by atoms with E-state index in [2.05, 4.69) is 21.3 Å². The highest BCUT2D eigenvalue weighted by Crippen LogP contribution is 2.16. The lowest BCUT2D eigenvalue weighted by molar-refractivity contribution is 0.616. The molecule has 1 unspecified atom stereocenters. The van der Waals surface area contributed by atoms with Crippen LogP contribution in [0.1, 0.15) is 20.3 Å². The van der Waals surface area contributed by atoms with Crippen LogP contribution in [-0.2, 0) is 0 Å². The highest BCUT2D eigenvalue weighted by atomic mass is 15.2. The van der Waals surface area contributed by atoms with Gasteiger partial charge in [-0.05, 0) is 25.6 Å². The molecule has 0 aromatic carbocycles. The molecule has 1 atom stereocenters. The summed E-state index contributed by atoms with van der Waals surface area (Å²) in [7, 11) is 2.02. The van der Waals surface area contributed by atoms with Gasteiger partial charge in [0.2, 0.25) is 0 Å². The molecule has 2 heterocycles. The maximum atomic E-state index is 4.33. The van der Waals surface area contributed by atoms with Crippen molar-refractivity contribution >= 4 is 5.82 Å². The van der Waals surface area contributed by atoms with Gasteiger partial charge in [-0.15, -0.1) is 0 Å². The fourth-order valence-corrected chi connectivity index (χ4v) is 1.74. The lowest BCUT2D eigenvalue weighted by Gasteiger charge is -2.16. The third kappa shape index (κ3) is 3.20. The Hall–Kier alpha value is -1.09. The van der Waals surface area contributed by atoms with E-state index in [-0.39, 0.29) is 0 Å².